The molecule has 7 rings (SSSR count). The number of hydrogen-bond acceptors (Lipinski definition) is 4. The van der Waals surface area contributed by atoms with Gasteiger partial charge in [0.2, 0.25) is 0 Å². The lowest BCUT2D eigenvalue weighted by atomic mass is 9.97. The lowest BCUT2D eigenvalue weighted by Crippen LogP contribution is -2.45. The number of amides is 1. The monoisotopic (exact) mass is 554 g/mol. The van der Waals surface area contributed by atoms with E-state index in [4.69, 9.17) is 15.5 Å². The van der Waals surface area contributed by atoms with Crippen LogP contribution in [-0.4, -0.2) is 62.3 Å². The number of halogens is 1. The van der Waals surface area contributed by atoms with Gasteiger partial charge in [0, 0.05) is 56.4 Å². The Balaban J connectivity index is 1.27. The van der Waals surface area contributed by atoms with Crippen LogP contribution in [0.2, 0.25) is 0 Å². The zero-order valence-corrected chi connectivity index (χ0v) is 23.3. The van der Waals surface area contributed by atoms with Crippen molar-refractivity contribution in [2.75, 3.05) is 26.4 Å². The second-order valence-electron chi connectivity index (χ2n) is 11.5. The molecule has 4 heterocycles. The van der Waals surface area contributed by atoms with E-state index < -0.39 is 12.7 Å². The van der Waals surface area contributed by atoms with Crippen LogP contribution in [0.4, 0.5) is 4.39 Å². The predicted octanol–water partition coefficient (Wildman–Crippen LogP) is 4.85. The second kappa shape index (κ2) is 10.4. The van der Waals surface area contributed by atoms with E-state index in [1.807, 2.05) is 31.6 Å². The van der Waals surface area contributed by atoms with Crippen molar-refractivity contribution in [3.05, 3.63) is 71.5 Å². The molecule has 0 spiro atoms. The SMILES string of the molecule is Cn1c(-c2cc3cccc(OCCc4cc[nH]c4)c3n2CC2CC2)nc2cc3c(cc21)CCN(C[C@H](N)CF)C3=O. The molecule has 1 amide bonds. The van der Waals surface area contributed by atoms with Crippen LogP contribution in [0.1, 0.15) is 34.3 Å². The molecular weight excluding hydrogens is 519 g/mol. The smallest absolute Gasteiger partial charge is 0.254 e. The number of fused-ring (bicyclic) bond motifs is 3. The first-order chi connectivity index (χ1) is 20.0. The van der Waals surface area contributed by atoms with Crippen molar-refractivity contribution in [2.24, 2.45) is 18.7 Å². The van der Waals surface area contributed by atoms with Crippen LogP contribution in [0.3, 0.4) is 0 Å². The number of nitrogens with one attached hydrogen (secondary N) is 1. The van der Waals surface area contributed by atoms with Crippen molar-refractivity contribution in [3.63, 3.8) is 0 Å². The number of rotatable bonds is 10. The number of nitrogens with two attached hydrogens (primary N) is 1. The normalized spacial score (nSPS) is 16.1. The van der Waals surface area contributed by atoms with E-state index in [0.717, 1.165) is 57.7 Å². The van der Waals surface area contributed by atoms with Gasteiger partial charge in [0.15, 0.2) is 5.82 Å². The molecule has 3 N–H and O–H groups in total. The number of hydrogen-bond donors (Lipinski definition) is 2. The van der Waals surface area contributed by atoms with Crippen molar-refractivity contribution < 1.29 is 13.9 Å². The molecule has 0 bridgehead atoms. The molecule has 1 fully saturated rings. The first-order valence-corrected chi connectivity index (χ1v) is 14.5. The van der Waals surface area contributed by atoms with Crippen molar-refractivity contribution in [2.45, 2.75) is 38.3 Å². The number of carbonyl (C=O) groups is 1. The van der Waals surface area contributed by atoms with Crippen molar-refractivity contribution >= 4 is 27.8 Å². The lowest BCUT2D eigenvalue weighted by molar-refractivity contribution is 0.0725. The minimum absolute atomic E-state index is 0.103. The van der Waals surface area contributed by atoms with Gasteiger partial charge in [-0.15, -0.1) is 0 Å². The number of imidazole rings is 1. The summed E-state index contributed by atoms with van der Waals surface area (Å²) in [6.07, 6.45) is 7.95. The Morgan fingerprint density at radius 3 is 2.88 bits per heavy atom. The Hall–Kier alpha value is -4.11. The Morgan fingerprint density at radius 2 is 2.10 bits per heavy atom. The zero-order chi connectivity index (χ0) is 28.1. The van der Waals surface area contributed by atoms with Gasteiger partial charge in [-0.2, -0.15) is 0 Å². The van der Waals surface area contributed by atoms with Crippen LogP contribution in [0.15, 0.2) is 54.9 Å². The lowest BCUT2D eigenvalue weighted by Gasteiger charge is -2.30. The average Bonchev–Trinajstić information content (AvgIpc) is 3.35. The highest BCUT2D eigenvalue weighted by Crippen LogP contribution is 2.39. The Morgan fingerprint density at radius 1 is 1.22 bits per heavy atom. The number of para-hydroxylation sites is 1. The fraction of sp³-hybridized carbons (Fsp3) is 0.375. The summed E-state index contributed by atoms with van der Waals surface area (Å²) in [4.78, 5) is 23.1. The van der Waals surface area contributed by atoms with Gasteiger partial charge in [0.25, 0.3) is 5.91 Å². The van der Waals surface area contributed by atoms with Crippen LogP contribution < -0.4 is 10.5 Å². The molecule has 2 aromatic carbocycles. The number of carbonyl (C=O) groups excluding carboxylic acids is 1. The molecule has 0 unspecified atom stereocenters. The molecule has 41 heavy (non-hydrogen) atoms. The van der Waals surface area contributed by atoms with Gasteiger partial charge in [0.1, 0.15) is 12.4 Å². The maximum Gasteiger partial charge on any atom is 0.254 e. The summed E-state index contributed by atoms with van der Waals surface area (Å²) >= 11 is 0. The van der Waals surface area contributed by atoms with Gasteiger partial charge in [-0.1, -0.05) is 12.1 Å². The molecule has 5 aromatic rings. The molecule has 1 saturated carbocycles. The molecule has 1 atom stereocenters. The second-order valence-corrected chi connectivity index (χ2v) is 11.5. The van der Waals surface area contributed by atoms with Crippen molar-refractivity contribution in [1.82, 2.24) is 24.0 Å². The number of benzene rings is 2. The number of alkyl halides is 1. The largest absolute Gasteiger partial charge is 0.491 e. The van der Waals surface area contributed by atoms with Crippen LogP contribution in [-0.2, 0) is 26.4 Å². The van der Waals surface area contributed by atoms with Gasteiger partial charge in [-0.05, 0) is 66.6 Å². The Kier molecular flexibility index (Phi) is 6.54. The van der Waals surface area contributed by atoms with Gasteiger partial charge >= 0.3 is 0 Å². The number of aryl methyl sites for hydroxylation is 1. The third-order valence-electron chi connectivity index (χ3n) is 8.49. The molecule has 1 aliphatic carbocycles. The molecule has 212 valence electrons. The number of aromatic amines is 1. The predicted molar refractivity (Wildman–Crippen MR) is 158 cm³/mol. The summed E-state index contributed by atoms with van der Waals surface area (Å²) in [7, 11) is 2.04. The van der Waals surface area contributed by atoms with Crippen molar-refractivity contribution in [1.29, 1.82) is 0 Å². The topological polar surface area (TPSA) is 94.1 Å². The van der Waals surface area contributed by atoms with E-state index in [9.17, 15) is 9.18 Å². The number of aromatic nitrogens is 4. The highest BCUT2D eigenvalue weighted by molar-refractivity contribution is 6.01. The molecule has 2 aliphatic rings. The summed E-state index contributed by atoms with van der Waals surface area (Å²) in [5.74, 6) is 2.30. The van der Waals surface area contributed by atoms with E-state index in [2.05, 4.69) is 44.5 Å². The minimum Gasteiger partial charge on any atom is -0.491 e. The number of H-pyrrole nitrogens is 1. The van der Waals surface area contributed by atoms with E-state index in [1.165, 1.54) is 18.4 Å². The first kappa shape index (κ1) is 25.8. The Labute approximate surface area is 237 Å². The number of nitrogens with zero attached hydrogens (tertiary/aromatic N) is 4. The molecule has 9 heteroatoms. The number of ether oxygens (including phenoxy) is 1. The molecule has 3 aromatic heterocycles. The maximum atomic E-state index is 13.3. The molecule has 0 radical (unpaired) electrons. The van der Waals surface area contributed by atoms with Crippen LogP contribution in [0.5, 0.6) is 5.75 Å². The first-order valence-electron chi connectivity index (χ1n) is 14.5. The zero-order valence-electron chi connectivity index (χ0n) is 23.3. The van der Waals surface area contributed by atoms with Gasteiger partial charge in [-0.3, -0.25) is 4.79 Å². The standard InChI is InChI=1S/C32H35FN6O2/c1-37-27-13-22-8-11-38(19-24(34)16-33)32(40)25(22)15-26(27)36-31(37)28-14-23-3-2-4-29(30(23)39(28)18-21-5-6-21)41-12-9-20-7-10-35-17-20/h2-4,7,10,13-15,17,21,24,35H,5-6,8-9,11-12,16,18-19,34H2,1H3/t24-/m1/s1. The molecule has 0 saturated heterocycles. The molecule has 1 aliphatic heterocycles. The summed E-state index contributed by atoms with van der Waals surface area (Å²) in [5.41, 5.74) is 12.6. The van der Waals surface area contributed by atoms with Crippen LogP contribution in [0, 0.1) is 5.92 Å². The van der Waals surface area contributed by atoms with Crippen LogP contribution in [0.25, 0.3) is 33.5 Å². The fourth-order valence-electron chi connectivity index (χ4n) is 6.08. The minimum atomic E-state index is -0.665. The van der Waals surface area contributed by atoms with E-state index in [1.54, 1.807) is 4.90 Å². The highest BCUT2D eigenvalue weighted by atomic mass is 19.1. The van der Waals surface area contributed by atoms with Gasteiger partial charge in [-0.25, -0.2) is 9.37 Å². The van der Waals surface area contributed by atoms with Gasteiger partial charge in [0.05, 0.1) is 34.9 Å². The summed E-state index contributed by atoms with van der Waals surface area (Å²) in [6, 6.07) is 13.9. The van der Waals surface area contributed by atoms with Crippen LogP contribution >= 0.6 is 0 Å². The molecule has 8 nitrogen and oxygen atoms in total. The van der Waals surface area contributed by atoms with Crippen molar-refractivity contribution in [3.8, 4) is 17.3 Å². The summed E-state index contributed by atoms with van der Waals surface area (Å²) in [6.45, 7) is 1.63. The quantitative estimate of drug-likeness (QED) is 0.258. The average molecular weight is 555 g/mol. The third kappa shape index (κ3) is 4.78. The maximum absolute atomic E-state index is 13.3. The summed E-state index contributed by atoms with van der Waals surface area (Å²) < 4.78 is 23.9. The van der Waals surface area contributed by atoms with Gasteiger partial charge < -0.3 is 29.5 Å². The highest BCUT2D eigenvalue weighted by Gasteiger charge is 2.29. The summed E-state index contributed by atoms with van der Waals surface area (Å²) in [5, 5.41) is 1.13. The van der Waals surface area contributed by atoms with E-state index >= 15 is 0 Å². The molecular formula is C32H35FN6O2. The van der Waals surface area contributed by atoms with E-state index in [0.29, 0.717) is 31.1 Å². The third-order valence-corrected chi connectivity index (χ3v) is 8.49. The Bertz CT molecular complexity index is 1730. The fourth-order valence-corrected chi connectivity index (χ4v) is 6.08. The van der Waals surface area contributed by atoms with E-state index in [-0.39, 0.29) is 12.5 Å².